The molecule has 6 heteroatoms. The minimum atomic E-state index is -0.471. The zero-order valence-electron chi connectivity index (χ0n) is 8.61. The van der Waals surface area contributed by atoms with E-state index in [1.165, 1.54) is 6.20 Å². The Balaban J connectivity index is 2.51. The minimum absolute atomic E-state index is 0.218. The van der Waals surface area contributed by atoms with E-state index in [2.05, 4.69) is 4.98 Å². The van der Waals surface area contributed by atoms with Crippen LogP contribution in [-0.2, 0) is 4.74 Å². The predicted molar refractivity (Wildman–Crippen MR) is 60.6 cm³/mol. The fraction of sp³-hybridized carbons (Fsp3) is 0.200. The lowest BCUT2D eigenvalue weighted by Crippen LogP contribution is -2.04. The number of carbonyl (C=O) groups is 1. The maximum atomic E-state index is 11.4. The van der Waals surface area contributed by atoms with E-state index in [1.807, 2.05) is 0 Å². The number of fused-ring (bicyclic) bond motifs is 1. The van der Waals surface area contributed by atoms with Crippen molar-refractivity contribution >= 4 is 28.9 Å². The maximum Gasteiger partial charge on any atom is 0.358 e. The number of hydrogen-bond acceptors (Lipinski definition) is 4. The summed E-state index contributed by atoms with van der Waals surface area (Å²) in [6, 6.07) is 1.58. The molecule has 0 fully saturated rings. The van der Waals surface area contributed by atoms with E-state index in [0.717, 1.165) is 0 Å². The molecule has 0 amide bonds. The first-order valence-electron chi connectivity index (χ1n) is 4.72. The standard InChI is InChI=1S/C10H10ClN3O2/c1-2-16-10(15)8-5-14-4-6(11)3-7(12)9(14)13-8/h3-5H,2,12H2,1H3. The van der Waals surface area contributed by atoms with Gasteiger partial charge in [-0.3, -0.25) is 0 Å². The number of ether oxygens (including phenoxy) is 1. The average Bonchev–Trinajstić information content (AvgIpc) is 2.62. The lowest BCUT2D eigenvalue weighted by molar-refractivity contribution is 0.0520. The SMILES string of the molecule is CCOC(=O)c1cn2cc(Cl)cc(N)c2n1. The Morgan fingerprint density at radius 1 is 1.62 bits per heavy atom. The summed E-state index contributed by atoms with van der Waals surface area (Å²) in [5, 5.41) is 0.484. The van der Waals surface area contributed by atoms with Crippen LogP contribution in [0.5, 0.6) is 0 Å². The highest BCUT2D eigenvalue weighted by atomic mass is 35.5. The van der Waals surface area contributed by atoms with E-state index in [0.29, 0.717) is 23.0 Å². The second-order valence-electron chi connectivity index (χ2n) is 3.19. The molecule has 0 unspecified atom stereocenters. The molecular weight excluding hydrogens is 230 g/mol. The van der Waals surface area contributed by atoms with Crippen LogP contribution in [0.15, 0.2) is 18.5 Å². The number of aromatic nitrogens is 2. The number of hydrogen-bond donors (Lipinski definition) is 1. The summed E-state index contributed by atoms with van der Waals surface area (Å²) in [4.78, 5) is 15.5. The topological polar surface area (TPSA) is 69.6 Å². The van der Waals surface area contributed by atoms with E-state index in [9.17, 15) is 4.79 Å². The van der Waals surface area contributed by atoms with Crippen LogP contribution in [0.1, 0.15) is 17.4 Å². The van der Waals surface area contributed by atoms with Gasteiger partial charge in [0.05, 0.1) is 17.3 Å². The molecular formula is C10H10ClN3O2. The second-order valence-corrected chi connectivity index (χ2v) is 3.63. The molecule has 2 rings (SSSR count). The Labute approximate surface area is 96.8 Å². The Kier molecular flexibility index (Phi) is 2.70. The van der Waals surface area contributed by atoms with Gasteiger partial charge in [-0.15, -0.1) is 0 Å². The number of nitrogens with two attached hydrogens (primary N) is 1. The molecule has 2 N–H and O–H groups in total. The summed E-state index contributed by atoms with van der Waals surface area (Å²) in [6.45, 7) is 2.04. The minimum Gasteiger partial charge on any atom is -0.461 e. The highest BCUT2D eigenvalue weighted by molar-refractivity contribution is 6.30. The van der Waals surface area contributed by atoms with E-state index < -0.39 is 5.97 Å². The molecule has 2 aromatic heterocycles. The van der Waals surface area contributed by atoms with E-state index in [4.69, 9.17) is 22.1 Å². The van der Waals surface area contributed by atoms with Crippen LogP contribution in [0.25, 0.3) is 5.65 Å². The number of carbonyl (C=O) groups excluding carboxylic acids is 1. The van der Waals surface area contributed by atoms with Gasteiger partial charge in [0.25, 0.3) is 0 Å². The molecule has 0 saturated carbocycles. The third-order valence-electron chi connectivity index (χ3n) is 2.03. The van der Waals surface area contributed by atoms with Crippen molar-refractivity contribution < 1.29 is 9.53 Å². The number of nitrogens with zero attached hydrogens (tertiary/aromatic N) is 2. The zero-order valence-corrected chi connectivity index (χ0v) is 9.36. The summed E-state index contributed by atoms with van der Waals surface area (Å²) in [6.07, 6.45) is 3.17. The molecule has 0 radical (unpaired) electrons. The van der Waals surface area contributed by atoms with Crippen molar-refractivity contribution in [2.45, 2.75) is 6.92 Å². The summed E-state index contributed by atoms with van der Waals surface area (Å²) in [7, 11) is 0. The third-order valence-corrected chi connectivity index (χ3v) is 2.24. The normalized spacial score (nSPS) is 10.6. The molecule has 0 bridgehead atoms. The molecule has 0 aromatic carbocycles. The van der Waals surface area contributed by atoms with Crippen LogP contribution in [0, 0.1) is 0 Å². The van der Waals surface area contributed by atoms with Crippen molar-refractivity contribution in [2.24, 2.45) is 0 Å². The van der Waals surface area contributed by atoms with Crippen molar-refractivity contribution in [1.29, 1.82) is 0 Å². The molecule has 0 saturated heterocycles. The summed E-state index contributed by atoms with van der Waals surface area (Å²) >= 11 is 5.83. The van der Waals surface area contributed by atoms with Crippen molar-refractivity contribution in [3.63, 3.8) is 0 Å². The first kappa shape index (κ1) is 10.8. The molecule has 16 heavy (non-hydrogen) atoms. The predicted octanol–water partition coefficient (Wildman–Crippen LogP) is 1.75. The van der Waals surface area contributed by atoms with Gasteiger partial charge in [-0.05, 0) is 13.0 Å². The first-order valence-corrected chi connectivity index (χ1v) is 5.10. The number of esters is 1. The summed E-state index contributed by atoms with van der Waals surface area (Å²) < 4.78 is 6.44. The summed E-state index contributed by atoms with van der Waals surface area (Å²) in [5.74, 6) is -0.471. The fourth-order valence-corrected chi connectivity index (χ4v) is 1.61. The lowest BCUT2D eigenvalue weighted by atomic mass is 10.4. The van der Waals surface area contributed by atoms with Gasteiger partial charge in [-0.25, -0.2) is 9.78 Å². The molecule has 0 aliphatic heterocycles. The van der Waals surface area contributed by atoms with E-state index in [1.54, 1.807) is 23.6 Å². The van der Waals surface area contributed by atoms with Crippen molar-refractivity contribution in [3.8, 4) is 0 Å². The van der Waals surface area contributed by atoms with Crippen LogP contribution >= 0.6 is 11.6 Å². The van der Waals surface area contributed by atoms with Crippen molar-refractivity contribution in [2.75, 3.05) is 12.3 Å². The van der Waals surface area contributed by atoms with Crippen molar-refractivity contribution in [3.05, 3.63) is 29.2 Å². The van der Waals surface area contributed by atoms with Gasteiger partial charge in [0.2, 0.25) is 0 Å². The molecule has 84 valence electrons. The number of pyridine rings is 1. The molecule has 0 aliphatic carbocycles. The molecule has 5 nitrogen and oxygen atoms in total. The molecule has 2 aromatic rings. The second kappa shape index (κ2) is 4.02. The average molecular weight is 240 g/mol. The largest absolute Gasteiger partial charge is 0.461 e. The number of anilines is 1. The molecule has 0 spiro atoms. The fourth-order valence-electron chi connectivity index (χ4n) is 1.39. The molecule has 2 heterocycles. The Bertz CT molecular complexity index is 550. The number of rotatable bonds is 2. The van der Waals surface area contributed by atoms with Gasteiger partial charge in [-0.1, -0.05) is 11.6 Å². The Hall–Kier alpha value is -1.75. The highest BCUT2D eigenvalue weighted by Gasteiger charge is 2.13. The van der Waals surface area contributed by atoms with Crippen molar-refractivity contribution in [1.82, 2.24) is 9.38 Å². The van der Waals surface area contributed by atoms with Gasteiger partial charge >= 0.3 is 5.97 Å². The monoisotopic (exact) mass is 239 g/mol. The lowest BCUT2D eigenvalue weighted by Gasteiger charge is -1.97. The van der Waals surface area contributed by atoms with Gasteiger partial charge < -0.3 is 14.9 Å². The van der Waals surface area contributed by atoms with Gasteiger partial charge in [0.15, 0.2) is 11.3 Å². The first-order chi connectivity index (χ1) is 7.61. The van der Waals surface area contributed by atoms with Crippen LogP contribution in [0.4, 0.5) is 5.69 Å². The van der Waals surface area contributed by atoms with Gasteiger partial charge in [0.1, 0.15) is 0 Å². The van der Waals surface area contributed by atoms with Crippen LogP contribution in [-0.4, -0.2) is 22.0 Å². The van der Waals surface area contributed by atoms with Crippen LogP contribution in [0.3, 0.4) is 0 Å². The van der Waals surface area contributed by atoms with E-state index in [-0.39, 0.29) is 5.69 Å². The number of nitrogen functional groups attached to an aromatic ring is 1. The molecule has 0 atom stereocenters. The van der Waals surface area contributed by atoms with Crippen LogP contribution < -0.4 is 5.73 Å². The zero-order chi connectivity index (χ0) is 11.7. The van der Waals surface area contributed by atoms with Crippen LogP contribution in [0.2, 0.25) is 5.02 Å². The molecule has 0 aliphatic rings. The highest BCUT2D eigenvalue weighted by Crippen LogP contribution is 2.19. The van der Waals surface area contributed by atoms with E-state index >= 15 is 0 Å². The quantitative estimate of drug-likeness (QED) is 0.811. The Morgan fingerprint density at radius 3 is 3.06 bits per heavy atom. The number of halogens is 1. The Morgan fingerprint density at radius 2 is 2.38 bits per heavy atom. The summed E-state index contributed by atoms with van der Waals surface area (Å²) in [5.41, 5.74) is 6.86. The third kappa shape index (κ3) is 1.81. The van der Waals surface area contributed by atoms with Gasteiger partial charge in [-0.2, -0.15) is 0 Å². The number of imidazole rings is 1. The van der Waals surface area contributed by atoms with Gasteiger partial charge in [0, 0.05) is 12.4 Å². The smallest absolute Gasteiger partial charge is 0.358 e. The maximum absolute atomic E-state index is 11.4.